The molecular weight excluding hydrogens is 234 g/mol. The molecule has 16 heavy (non-hydrogen) atoms. The molecule has 0 spiro atoms. The second-order valence-corrected chi connectivity index (χ2v) is 6.66. The molecule has 2 fully saturated rings. The van der Waals surface area contributed by atoms with Crippen LogP contribution < -0.4 is 0 Å². The third-order valence-corrected chi connectivity index (χ3v) is 4.75. The first kappa shape index (κ1) is 11.8. The molecule has 1 saturated carbocycles. The van der Waals surface area contributed by atoms with Gasteiger partial charge in [-0.25, -0.2) is 8.42 Å². The van der Waals surface area contributed by atoms with Crippen molar-refractivity contribution in [3.63, 3.8) is 0 Å². The lowest BCUT2D eigenvalue weighted by molar-refractivity contribution is -0.139. The fraction of sp³-hybridized carbons (Fsp3) is 0.889. The molecular formula is C9H15NO5S. The molecule has 0 bridgehead atoms. The number of carboxylic acid groups (broad SMARTS) is 1. The van der Waals surface area contributed by atoms with Gasteiger partial charge in [0.2, 0.25) is 0 Å². The smallest absolute Gasteiger partial charge is 0.317 e. The fourth-order valence-corrected chi connectivity index (χ4v) is 4.02. The average Bonchev–Trinajstić information content (AvgIpc) is 2.89. The summed E-state index contributed by atoms with van der Waals surface area (Å²) in [6.07, 6.45) is 0.817. The zero-order valence-corrected chi connectivity index (χ0v) is 9.56. The third kappa shape index (κ3) is 2.53. The van der Waals surface area contributed by atoms with Gasteiger partial charge in [0.1, 0.15) is 0 Å². The van der Waals surface area contributed by atoms with Crippen LogP contribution in [0.1, 0.15) is 12.8 Å². The summed E-state index contributed by atoms with van der Waals surface area (Å²) in [4.78, 5) is 12.3. The SMILES string of the molecule is O=C(O)CN(C1CC1)C1CS(=O)(=O)CC1O. The van der Waals surface area contributed by atoms with Crippen LogP contribution in [-0.4, -0.2) is 65.7 Å². The van der Waals surface area contributed by atoms with Gasteiger partial charge in [0.25, 0.3) is 0 Å². The molecule has 2 aliphatic rings. The monoisotopic (exact) mass is 249 g/mol. The minimum absolute atomic E-state index is 0.127. The van der Waals surface area contributed by atoms with E-state index in [0.717, 1.165) is 12.8 Å². The van der Waals surface area contributed by atoms with Crippen LogP contribution in [0.5, 0.6) is 0 Å². The Hall–Kier alpha value is -0.660. The molecule has 2 N–H and O–H groups in total. The van der Waals surface area contributed by atoms with Crippen molar-refractivity contribution in [2.24, 2.45) is 0 Å². The normalized spacial score (nSPS) is 33.1. The molecule has 2 rings (SSSR count). The Bertz CT molecular complexity index is 389. The number of aliphatic hydroxyl groups is 1. The molecule has 0 aromatic heterocycles. The highest BCUT2D eigenvalue weighted by Gasteiger charge is 2.45. The molecule has 1 aliphatic carbocycles. The van der Waals surface area contributed by atoms with Gasteiger partial charge in [-0.3, -0.25) is 9.69 Å². The van der Waals surface area contributed by atoms with Gasteiger partial charge in [-0.15, -0.1) is 0 Å². The summed E-state index contributed by atoms with van der Waals surface area (Å²) >= 11 is 0. The highest BCUT2D eigenvalue weighted by atomic mass is 32.2. The van der Waals surface area contributed by atoms with E-state index in [0.29, 0.717) is 0 Å². The van der Waals surface area contributed by atoms with Crippen LogP contribution in [0.15, 0.2) is 0 Å². The molecule has 0 amide bonds. The van der Waals surface area contributed by atoms with Crippen molar-refractivity contribution >= 4 is 15.8 Å². The summed E-state index contributed by atoms with van der Waals surface area (Å²) in [6, 6.07) is -0.419. The van der Waals surface area contributed by atoms with Crippen LogP contribution in [0.2, 0.25) is 0 Å². The lowest BCUT2D eigenvalue weighted by Crippen LogP contribution is -2.46. The van der Waals surface area contributed by atoms with Gasteiger partial charge in [0.15, 0.2) is 9.84 Å². The van der Waals surface area contributed by atoms with Crippen LogP contribution in [0.4, 0.5) is 0 Å². The van der Waals surface area contributed by atoms with E-state index < -0.39 is 28.0 Å². The molecule has 2 atom stereocenters. The Kier molecular flexibility index (Phi) is 2.93. The van der Waals surface area contributed by atoms with Gasteiger partial charge in [0.05, 0.1) is 30.2 Å². The number of carbonyl (C=O) groups is 1. The Morgan fingerprint density at radius 3 is 2.31 bits per heavy atom. The van der Waals surface area contributed by atoms with Gasteiger partial charge in [-0.1, -0.05) is 0 Å². The van der Waals surface area contributed by atoms with E-state index in [1.165, 1.54) is 0 Å². The van der Waals surface area contributed by atoms with Crippen molar-refractivity contribution in [2.75, 3.05) is 18.1 Å². The Morgan fingerprint density at radius 1 is 1.31 bits per heavy atom. The molecule has 2 unspecified atom stereocenters. The number of hydrogen-bond acceptors (Lipinski definition) is 5. The molecule has 92 valence electrons. The second kappa shape index (κ2) is 3.97. The fourth-order valence-electron chi connectivity index (χ4n) is 2.21. The molecule has 1 heterocycles. The van der Waals surface area contributed by atoms with Crippen LogP contribution >= 0.6 is 0 Å². The minimum Gasteiger partial charge on any atom is -0.480 e. The maximum Gasteiger partial charge on any atom is 0.317 e. The van der Waals surface area contributed by atoms with Gasteiger partial charge in [0, 0.05) is 6.04 Å². The zero-order chi connectivity index (χ0) is 11.9. The number of rotatable bonds is 4. The Balaban J connectivity index is 2.11. The number of aliphatic hydroxyl groups excluding tert-OH is 1. The van der Waals surface area contributed by atoms with Crippen LogP contribution in [0.25, 0.3) is 0 Å². The number of sulfone groups is 1. The highest BCUT2D eigenvalue weighted by Crippen LogP contribution is 2.31. The molecule has 1 saturated heterocycles. The van der Waals surface area contributed by atoms with Gasteiger partial charge >= 0.3 is 5.97 Å². The van der Waals surface area contributed by atoms with Gasteiger partial charge in [-0.05, 0) is 12.8 Å². The third-order valence-electron chi connectivity index (χ3n) is 3.05. The molecule has 1 aliphatic heterocycles. The summed E-state index contributed by atoms with van der Waals surface area (Å²) in [5.41, 5.74) is 0. The van der Waals surface area contributed by atoms with E-state index in [1.807, 2.05) is 0 Å². The van der Waals surface area contributed by atoms with E-state index >= 15 is 0 Å². The van der Waals surface area contributed by atoms with Crippen molar-refractivity contribution in [3.05, 3.63) is 0 Å². The summed E-state index contributed by atoms with van der Waals surface area (Å²) in [5.74, 6) is -1.36. The molecule has 0 aromatic carbocycles. The van der Waals surface area contributed by atoms with E-state index in [-0.39, 0.29) is 24.1 Å². The van der Waals surface area contributed by atoms with Crippen LogP contribution in [0.3, 0.4) is 0 Å². The Morgan fingerprint density at radius 2 is 1.94 bits per heavy atom. The molecule has 0 radical (unpaired) electrons. The maximum absolute atomic E-state index is 11.4. The average molecular weight is 249 g/mol. The number of hydrogen-bond donors (Lipinski definition) is 2. The lowest BCUT2D eigenvalue weighted by atomic mass is 10.2. The van der Waals surface area contributed by atoms with Crippen molar-refractivity contribution in [1.82, 2.24) is 4.90 Å². The first-order valence-electron chi connectivity index (χ1n) is 5.25. The standard InChI is InChI=1S/C9H15NO5S/c11-8-5-16(14,15)4-7(8)10(3-9(12)13)6-1-2-6/h6-8,11H,1-5H2,(H,12,13). The van der Waals surface area contributed by atoms with Crippen LogP contribution in [0, 0.1) is 0 Å². The first-order chi connectivity index (χ1) is 7.39. The molecule has 6 nitrogen and oxygen atoms in total. The molecule has 7 heteroatoms. The van der Waals surface area contributed by atoms with Crippen molar-refractivity contribution in [3.8, 4) is 0 Å². The molecule has 0 aromatic rings. The summed E-state index contributed by atoms with van der Waals surface area (Å²) in [7, 11) is -3.22. The minimum atomic E-state index is -3.22. The topological polar surface area (TPSA) is 94.9 Å². The van der Waals surface area contributed by atoms with Crippen molar-refractivity contribution in [1.29, 1.82) is 0 Å². The quantitative estimate of drug-likeness (QED) is 0.642. The van der Waals surface area contributed by atoms with E-state index in [2.05, 4.69) is 0 Å². The Labute approximate surface area is 93.8 Å². The summed E-state index contributed by atoms with van der Waals surface area (Å²) in [6.45, 7) is -0.193. The zero-order valence-electron chi connectivity index (χ0n) is 8.74. The highest BCUT2D eigenvalue weighted by molar-refractivity contribution is 7.91. The summed E-state index contributed by atoms with van der Waals surface area (Å²) < 4.78 is 22.7. The summed E-state index contributed by atoms with van der Waals surface area (Å²) in [5, 5.41) is 18.4. The number of aliphatic carboxylic acids is 1. The van der Waals surface area contributed by atoms with Gasteiger partial charge in [-0.2, -0.15) is 0 Å². The number of nitrogens with zero attached hydrogens (tertiary/aromatic N) is 1. The number of carboxylic acids is 1. The van der Waals surface area contributed by atoms with Crippen molar-refractivity contribution in [2.45, 2.75) is 31.0 Å². The van der Waals surface area contributed by atoms with Gasteiger partial charge < -0.3 is 10.2 Å². The second-order valence-electron chi connectivity index (χ2n) is 4.51. The largest absolute Gasteiger partial charge is 0.480 e. The predicted octanol–water partition coefficient (Wildman–Crippen LogP) is -1.31. The lowest BCUT2D eigenvalue weighted by Gasteiger charge is -2.28. The van der Waals surface area contributed by atoms with Crippen LogP contribution in [-0.2, 0) is 14.6 Å². The predicted molar refractivity (Wildman–Crippen MR) is 55.8 cm³/mol. The van der Waals surface area contributed by atoms with E-state index in [1.54, 1.807) is 4.90 Å². The van der Waals surface area contributed by atoms with E-state index in [4.69, 9.17) is 5.11 Å². The maximum atomic E-state index is 11.4. The van der Waals surface area contributed by atoms with E-state index in [9.17, 15) is 18.3 Å². The van der Waals surface area contributed by atoms with Crippen molar-refractivity contribution < 1.29 is 23.4 Å². The first-order valence-corrected chi connectivity index (χ1v) is 7.07.